The highest BCUT2D eigenvalue weighted by molar-refractivity contribution is 14.0. The summed E-state index contributed by atoms with van der Waals surface area (Å²) >= 11 is 0. The molecule has 0 aromatic carbocycles. The van der Waals surface area contributed by atoms with Crippen molar-refractivity contribution in [3.8, 4) is 0 Å². The molecule has 0 aliphatic heterocycles. The molecule has 0 aromatic heterocycles. The standard InChI is InChI=1S/C6H14O.HI.Mg.2H/c1-2-3-4-5-6-7;;;;/h7H,2-6H2,1H3;1H;;;. The number of unbranched alkanes of at least 4 members (excludes halogenated alkanes) is 3. The van der Waals surface area contributed by atoms with E-state index in [9.17, 15) is 0 Å². The Balaban J connectivity index is -0.000000180. The van der Waals surface area contributed by atoms with Gasteiger partial charge in [-0.25, -0.2) is 0 Å². The molecule has 0 saturated heterocycles. The van der Waals surface area contributed by atoms with Crippen LogP contribution in [0.2, 0.25) is 0 Å². The lowest BCUT2D eigenvalue weighted by atomic mass is 10.2. The molecule has 0 fully saturated rings. The van der Waals surface area contributed by atoms with E-state index in [1.807, 2.05) is 0 Å². The molecule has 0 spiro atoms. The second-order valence-electron chi connectivity index (χ2n) is 1.78. The number of halogens is 1. The molecule has 3 heteroatoms. The average Bonchev–Trinajstić information content (AvgIpc) is 1.69. The average molecular weight is 256 g/mol. The van der Waals surface area contributed by atoms with Crippen LogP contribution in [0.4, 0.5) is 0 Å². The zero-order valence-corrected chi connectivity index (χ0v) is 7.72. The molecule has 1 nitrogen and oxygen atoms in total. The third-order valence-corrected chi connectivity index (χ3v) is 1.01. The smallest absolute Gasteiger partial charge is 0.316 e. The molecule has 0 bridgehead atoms. The molecule has 9 heavy (non-hydrogen) atoms. The van der Waals surface area contributed by atoms with Crippen molar-refractivity contribution < 1.29 is 5.11 Å². The topological polar surface area (TPSA) is 20.2 Å². The van der Waals surface area contributed by atoms with Crippen LogP contribution in [-0.4, -0.2) is 34.8 Å². The minimum Gasteiger partial charge on any atom is -0.396 e. The molecule has 0 amide bonds. The van der Waals surface area contributed by atoms with Crippen LogP contribution >= 0.6 is 24.0 Å². The van der Waals surface area contributed by atoms with Gasteiger partial charge in [0.1, 0.15) is 0 Å². The fourth-order valence-electron chi connectivity index (χ4n) is 0.539. The van der Waals surface area contributed by atoms with Gasteiger partial charge in [-0.15, -0.1) is 24.0 Å². The highest BCUT2D eigenvalue weighted by Crippen LogP contribution is 1.95. The van der Waals surface area contributed by atoms with E-state index in [0.29, 0.717) is 6.61 Å². The van der Waals surface area contributed by atoms with Gasteiger partial charge in [0, 0.05) is 6.61 Å². The second-order valence-corrected chi connectivity index (χ2v) is 1.78. The molecule has 0 aliphatic carbocycles. The Kier molecular flexibility index (Phi) is 30.3. The zero-order valence-electron chi connectivity index (χ0n) is 5.39. The molecule has 0 radical (unpaired) electrons. The van der Waals surface area contributed by atoms with E-state index in [2.05, 4.69) is 6.92 Å². The Morgan fingerprint density at radius 3 is 2.00 bits per heavy atom. The summed E-state index contributed by atoms with van der Waals surface area (Å²) in [6, 6.07) is 0. The van der Waals surface area contributed by atoms with Crippen LogP contribution in [0, 0.1) is 0 Å². The van der Waals surface area contributed by atoms with Crippen LogP contribution < -0.4 is 0 Å². The minimum atomic E-state index is 0. The Morgan fingerprint density at radius 1 is 1.11 bits per heavy atom. The molecule has 0 heterocycles. The molecular formula is C6H17IMgO. The van der Waals surface area contributed by atoms with E-state index in [4.69, 9.17) is 5.11 Å². The predicted molar refractivity (Wildman–Crippen MR) is 55.2 cm³/mol. The van der Waals surface area contributed by atoms with Gasteiger partial charge < -0.3 is 5.11 Å². The van der Waals surface area contributed by atoms with E-state index in [0.717, 1.165) is 6.42 Å². The molecule has 56 valence electrons. The van der Waals surface area contributed by atoms with Gasteiger partial charge in [0.15, 0.2) is 0 Å². The highest BCUT2D eigenvalue weighted by atomic mass is 127. The summed E-state index contributed by atoms with van der Waals surface area (Å²) in [5, 5.41) is 8.29. The van der Waals surface area contributed by atoms with E-state index >= 15 is 0 Å². The van der Waals surface area contributed by atoms with Crippen molar-refractivity contribution in [1.29, 1.82) is 0 Å². The normalized spacial score (nSPS) is 7.33. The van der Waals surface area contributed by atoms with E-state index in [1.165, 1.54) is 19.3 Å². The summed E-state index contributed by atoms with van der Waals surface area (Å²) < 4.78 is 0. The maximum atomic E-state index is 8.29. The Morgan fingerprint density at radius 2 is 1.67 bits per heavy atom. The molecule has 1 N–H and O–H groups in total. The third kappa shape index (κ3) is 17.7. The van der Waals surface area contributed by atoms with Crippen molar-refractivity contribution in [3.05, 3.63) is 0 Å². The predicted octanol–water partition coefficient (Wildman–Crippen LogP) is 1.26. The lowest BCUT2D eigenvalue weighted by Crippen LogP contribution is -1.80. The maximum absolute atomic E-state index is 8.29. The van der Waals surface area contributed by atoms with Gasteiger partial charge in [0.25, 0.3) is 0 Å². The molecule has 0 atom stereocenters. The first-order chi connectivity index (χ1) is 3.41. The SMILES string of the molecule is CCCCCCO.I.[MgH2]. The fraction of sp³-hybridized carbons (Fsp3) is 1.00. The van der Waals surface area contributed by atoms with Crippen molar-refractivity contribution >= 4 is 47.0 Å². The summed E-state index contributed by atoms with van der Waals surface area (Å²) in [6.45, 7) is 2.53. The first-order valence-electron chi connectivity index (χ1n) is 3.02. The van der Waals surface area contributed by atoms with Crippen LogP contribution in [0.5, 0.6) is 0 Å². The number of aliphatic hydroxyl groups is 1. The Hall–Kier alpha value is 1.46. The van der Waals surface area contributed by atoms with Gasteiger partial charge in [0.05, 0.1) is 0 Å². The lowest BCUT2D eigenvalue weighted by molar-refractivity contribution is 0.283. The van der Waals surface area contributed by atoms with E-state index < -0.39 is 0 Å². The van der Waals surface area contributed by atoms with Crippen molar-refractivity contribution in [2.45, 2.75) is 32.6 Å². The van der Waals surface area contributed by atoms with Gasteiger partial charge in [-0.05, 0) is 6.42 Å². The molecule has 0 rings (SSSR count). The van der Waals surface area contributed by atoms with Crippen LogP contribution in [-0.2, 0) is 0 Å². The summed E-state index contributed by atoms with van der Waals surface area (Å²) in [6.07, 6.45) is 4.68. The van der Waals surface area contributed by atoms with E-state index in [1.54, 1.807) is 0 Å². The lowest BCUT2D eigenvalue weighted by Gasteiger charge is -1.90. The largest absolute Gasteiger partial charge is 0.396 e. The zero-order chi connectivity index (χ0) is 5.54. The summed E-state index contributed by atoms with van der Waals surface area (Å²) in [7, 11) is 0. The molecule has 0 unspecified atom stereocenters. The molecule has 0 aliphatic rings. The third-order valence-electron chi connectivity index (χ3n) is 1.01. The van der Waals surface area contributed by atoms with Crippen LogP contribution in [0.25, 0.3) is 0 Å². The summed E-state index contributed by atoms with van der Waals surface area (Å²) in [5.74, 6) is 0. The number of aliphatic hydroxyl groups excluding tert-OH is 1. The first-order valence-corrected chi connectivity index (χ1v) is 3.02. The Labute approximate surface area is 90.8 Å². The van der Waals surface area contributed by atoms with Gasteiger partial charge in [0.2, 0.25) is 0 Å². The van der Waals surface area contributed by atoms with Gasteiger partial charge in [-0.3, -0.25) is 0 Å². The fourth-order valence-corrected chi connectivity index (χ4v) is 0.539. The van der Waals surface area contributed by atoms with Crippen molar-refractivity contribution in [2.75, 3.05) is 6.61 Å². The molecule has 0 saturated carbocycles. The summed E-state index contributed by atoms with van der Waals surface area (Å²) in [4.78, 5) is 0. The van der Waals surface area contributed by atoms with Crippen LogP contribution in [0.15, 0.2) is 0 Å². The first kappa shape index (κ1) is 16.8. The van der Waals surface area contributed by atoms with Gasteiger partial charge in [-0.2, -0.15) is 0 Å². The summed E-state index contributed by atoms with van der Waals surface area (Å²) in [5.41, 5.74) is 0. The second kappa shape index (κ2) is 16.2. The van der Waals surface area contributed by atoms with Crippen molar-refractivity contribution in [3.63, 3.8) is 0 Å². The van der Waals surface area contributed by atoms with E-state index in [-0.39, 0.29) is 47.0 Å². The van der Waals surface area contributed by atoms with Gasteiger partial charge in [-0.1, -0.05) is 26.2 Å². The van der Waals surface area contributed by atoms with Gasteiger partial charge >= 0.3 is 23.1 Å². The maximum Gasteiger partial charge on any atom is 0.316 e. The Bertz CT molecular complexity index is 32.2. The van der Waals surface area contributed by atoms with Crippen molar-refractivity contribution in [1.82, 2.24) is 0 Å². The molecular weight excluding hydrogens is 239 g/mol. The minimum absolute atomic E-state index is 0. The van der Waals surface area contributed by atoms with Crippen LogP contribution in [0.1, 0.15) is 32.6 Å². The quantitative estimate of drug-likeness (QED) is 0.456. The van der Waals surface area contributed by atoms with Crippen molar-refractivity contribution in [2.24, 2.45) is 0 Å². The number of rotatable bonds is 4. The highest BCUT2D eigenvalue weighted by Gasteiger charge is 1.80. The number of hydrogen-bond donors (Lipinski definition) is 1. The monoisotopic (exact) mass is 256 g/mol. The van der Waals surface area contributed by atoms with Crippen LogP contribution in [0.3, 0.4) is 0 Å². The molecule has 0 aromatic rings. The number of hydrogen-bond acceptors (Lipinski definition) is 1.